The van der Waals surface area contributed by atoms with Crippen molar-refractivity contribution in [2.45, 2.75) is 19.9 Å². The average Bonchev–Trinajstić information content (AvgIpc) is 2.48. The van der Waals surface area contributed by atoms with Gasteiger partial charge in [-0.3, -0.25) is 0 Å². The second kappa shape index (κ2) is 7.22. The van der Waals surface area contributed by atoms with Gasteiger partial charge in [0.2, 0.25) is 5.95 Å². The van der Waals surface area contributed by atoms with Crippen LogP contribution in [-0.4, -0.2) is 42.6 Å². The van der Waals surface area contributed by atoms with Gasteiger partial charge < -0.3 is 15.5 Å². The molecule has 0 spiro atoms. The van der Waals surface area contributed by atoms with Gasteiger partial charge in [0.1, 0.15) is 5.82 Å². The topological polar surface area (TPSA) is 53.1 Å². The number of nitrogens with zero attached hydrogens (tertiary/aromatic N) is 3. The zero-order chi connectivity index (χ0) is 16.1. The number of aromatic nitrogens is 2. The van der Waals surface area contributed by atoms with Crippen molar-refractivity contribution in [3.05, 3.63) is 47.2 Å². The number of likely N-dealkylation sites (N-methyl/N-ethyl adjacent to an activating group) is 1. The molecule has 0 saturated carbocycles. The van der Waals surface area contributed by atoms with Crippen molar-refractivity contribution < 1.29 is 0 Å². The predicted molar refractivity (Wildman–Crippen MR) is 92.4 cm³/mol. The minimum atomic E-state index is 0.286. The zero-order valence-corrected chi connectivity index (χ0v) is 14.0. The Kier molecular flexibility index (Phi) is 5.33. The molecular formula is C17H25N5. The Hall–Kier alpha value is -2.14. The normalized spacial score (nSPS) is 12.3. The summed E-state index contributed by atoms with van der Waals surface area (Å²) < 4.78 is 0. The number of anilines is 2. The summed E-state index contributed by atoms with van der Waals surface area (Å²) in [6.07, 6.45) is 0. The molecule has 1 heterocycles. The maximum atomic E-state index is 4.44. The molecule has 0 unspecified atom stereocenters. The number of aryl methyl sites for hydroxylation is 2. The predicted octanol–water partition coefficient (Wildman–Crippen LogP) is 2.85. The third-order valence-corrected chi connectivity index (χ3v) is 3.64. The van der Waals surface area contributed by atoms with E-state index in [1.54, 1.807) is 0 Å². The smallest absolute Gasteiger partial charge is 0.224 e. The first-order valence-electron chi connectivity index (χ1n) is 7.50. The first-order valence-corrected chi connectivity index (χ1v) is 7.50. The fraction of sp³-hybridized carbons (Fsp3) is 0.412. The summed E-state index contributed by atoms with van der Waals surface area (Å²) >= 11 is 0. The highest BCUT2D eigenvalue weighted by Gasteiger charge is 2.14. The Balaban J connectivity index is 2.12. The van der Waals surface area contributed by atoms with E-state index in [1.165, 1.54) is 11.1 Å². The van der Waals surface area contributed by atoms with Crippen LogP contribution in [0.1, 0.15) is 22.9 Å². The first kappa shape index (κ1) is 16.2. The lowest BCUT2D eigenvalue weighted by atomic mass is 10.0. The van der Waals surface area contributed by atoms with Crippen LogP contribution in [0.5, 0.6) is 0 Å². The van der Waals surface area contributed by atoms with Crippen molar-refractivity contribution >= 4 is 11.8 Å². The maximum absolute atomic E-state index is 4.44. The van der Waals surface area contributed by atoms with Crippen molar-refractivity contribution in [3.63, 3.8) is 0 Å². The SMILES string of the molecule is CNc1nc(C)cc(NC[C@H](c2ccc(C)cc2)N(C)C)n1. The number of benzene rings is 1. The monoisotopic (exact) mass is 299 g/mol. The summed E-state index contributed by atoms with van der Waals surface area (Å²) in [6, 6.07) is 10.9. The largest absolute Gasteiger partial charge is 0.368 e. The molecule has 2 rings (SSSR count). The Morgan fingerprint density at radius 2 is 1.77 bits per heavy atom. The summed E-state index contributed by atoms with van der Waals surface area (Å²) in [4.78, 5) is 11.0. The Bertz CT molecular complexity index is 607. The lowest BCUT2D eigenvalue weighted by molar-refractivity contribution is 0.311. The van der Waals surface area contributed by atoms with Gasteiger partial charge in [-0.1, -0.05) is 29.8 Å². The van der Waals surface area contributed by atoms with Gasteiger partial charge in [-0.25, -0.2) is 4.98 Å². The van der Waals surface area contributed by atoms with Crippen LogP contribution in [0.15, 0.2) is 30.3 Å². The molecule has 0 radical (unpaired) electrons. The molecule has 22 heavy (non-hydrogen) atoms. The highest BCUT2D eigenvalue weighted by atomic mass is 15.2. The molecule has 0 fully saturated rings. The quantitative estimate of drug-likeness (QED) is 0.859. The molecule has 0 saturated heterocycles. The molecule has 0 bridgehead atoms. The molecule has 0 aliphatic carbocycles. The lowest BCUT2D eigenvalue weighted by Gasteiger charge is -2.25. The van der Waals surface area contributed by atoms with E-state index in [0.717, 1.165) is 18.1 Å². The van der Waals surface area contributed by atoms with E-state index < -0.39 is 0 Å². The third kappa shape index (κ3) is 4.18. The van der Waals surface area contributed by atoms with Gasteiger partial charge in [0, 0.05) is 25.4 Å². The molecule has 1 atom stereocenters. The molecular weight excluding hydrogens is 274 g/mol. The zero-order valence-electron chi connectivity index (χ0n) is 14.0. The Morgan fingerprint density at radius 1 is 1.09 bits per heavy atom. The van der Waals surface area contributed by atoms with Crippen molar-refractivity contribution in [1.82, 2.24) is 14.9 Å². The Labute approximate surface area is 132 Å². The first-order chi connectivity index (χ1) is 10.5. The molecule has 0 amide bonds. The molecule has 1 aromatic carbocycles. The highest BCUT2D eigenvalue weighted by molar-refractivity contribution is 5.42. The van der Waals surface area contributed by atoms with Crippen LogP contribution in [0, 0.1) is 13.8 Å². The van der Waals surface area contributed by atoms with Crippen LogP contribution in [0.3, 0.4) is 0 Å². The van der Waals surface area contributed by atoms with Gasteiger partial charge in [0.15, 0.2) is 0 Å². The van der Waals surface area contributed by atoms with Crippen LogP contribution >= 0.6 is 0 Å². The van der Waals surface area contributed by atoms with Crippen molar-refractivity contribution in [2.24, 2.45) is 0 Å². The van der Waals surface area contributed by atoms with Gasteiger partial charge in [-0.2, -0.15) is 4.98 Å². The number of rotatable bonds is 6. The van der Waals surface area contributed by atoms with Crippen LogP contribution in [0.4, 0.5) is 11.8 Å². The van der Waals surface area contributed by atoms with E-state index in [9.17, 15) is 0 Å². The molecule has 0 aliphatic heterocycles. The summed E-state index contributed by atoms with van der Waals surface area (Å²) in [5.74, 6) is 1.48. The van der Waals surface area contributed by atoms with Gasteiger partial charge >= 0.3 is 0 Å². The minimum absolute atomic E-state index is 0.286. The minimum Gasteiger partial charge on any atom is -0.368 e. The average molecular weight is 299 g/mol. The molecule has 0 aliphatic rings. The molecule has 118 valence electrons. The van der Waals surface area contributed by atoms with Crippen molar-refractivity contribution in [1.29, 1.82) is 0 Å². The fourth-order valence-electron chi connectivity index (χ4n) is 2.36. The highest BCUT2D eigenvalue weighted by Crippen LogP contribution is 2.20. The van der Waals surface area contributed by atoms with Crippen molar-refractivity contribution in [2.75, 3.05) is 38.3 Å². The number of nitrogens with one attached hydrogen (secondary N) is 2. The maximum Gasteiger partial charge on any atom is 0.224 e. The van der Waals surface area contributed by atoms with Gasteiger partial charge in [0.25, 0.3) is 0 Å². The summed E-state index contributed by atoms with van der Waals surface area (Å²) in [7, 11) is 6.01. The Morgan fingerprint density at radius 3 is 2.36 bits per heavy atom. The lowest BCUT2D eigenvalue weighted by Crippen LogP contribution is -2.27. The second-order valence-corrected chi connectivity index (χ2v) is 5.74. The van der Waals surface area contributed by atoms with E-state index in [2.05, 4.69) is 70.8 Å². The summed E-state index contributed by atoms with van der Waals surface area (Å²) in [5, 5.41) is 6.41. The van der Waals surface area contributed by atoms with E-state index in [4.69, 9.17) is 0 Å². The van der Waals surface area contributed by atoms with Crippen LogP contribution in [0.2, 0.25) is 0 Å². The van der Waals surface area contributed by atoms with E-state index >= 15 is 0 Å². The van der Waals surface area contributed by atoms with Crippen LogP contribution in [-0.2, 0) is 0 Å². The third-order valence-electron chi connectivity index (χ3n) is 3.64. The summed E-state index contributed by atoms with van der Waals surface area (Å²) in [5.41, 5.74) is 3.51. The molecule has 2 N–H and O–H groups in total. The number of hydrogen-bond donors (Lipinski definition) is 2. The van der Waals surface area contributed by atoms with E-state index in [0.29, 0.717) is 5.95 Å². The van der Waals surface area contributed by atoms with Gasteiger partial charge in [0.05, 0.1) is 6.04 Å². The van der Waals surface area contributed by atoms with E-state index in [1.807, 2.05) is 20.0 Å². The molecule has 2 aromatic rings. The summed E-state index contributed by atoms with van der Waals surface area (Å²) in [6.45, 7) is 4.86. The molecule has 5 heteroatoms. The van der Waals surface area contributed by atoms with Crippen LogP contribution in [0.25, 0.3) is 0 Å². The standard InChI is InChI=1S/C17H25N5/c1-12-6-8-14(9-7-12)15(22(4)5)11-19-16-10-13(2)20-17(18-3)21-16/h6-10,15H,11H2,1-5H3,(H2,18,19,20,21)/t15-/m1/s1. The number of hydrogen-bond acceptors (Lipinski definition) is 5. The second-order valence-electron chi connectivity index (χ2n) is 5.74. The van der Waals surface area contributed by atoms with Crippen LogP contribution < -0.4 is 10.6 Å². The molecule has 5 nitrogen and oxygen atoms in total. The van der Waals surface area contributed by atoms with Gasteiger partial charge in [-0.15, -0.1) is 0 Å². The molecule has 1 aromatic heterocycles. The van der Waals surface area contributed by atoms with Crippen molar-refractivity contribution in [3.8, 4) is 0 Å². The fourth-order valence-corrected chi connectivity index (χ4v) is 2.36. The van der Waals surface area contributed by atoms with Gasteiger partial charge in [-0.05, 0) is 33.5 Å². The van der Waals surface area contributed by atoms with E-state index in [-0.39, 0.29) is 6.04 Å².